The van der Waals surface area contributed by atoms with E-state index in [0.29, 0.717) is 12.0 Å². The third-order valence-corrected chi connectivity index (χ3v) is 2.50. The van der Waals surface area contributed by atoms with Gasteiger partial charge in [-0.2, -0.15) is 0 Å². The number of aliphatic hydroxyl groups is 1. The van der Waals surface area contributed by atoms with Crippen LogP contribution in [0.2, 0.25) is 0 Å². The molecule has 5 nitrogen and oxygen atoms in total. The Kier molecular flexibility index (Phi) is 4.45. The number of hydrogen-bond donors (Lipinski definition) is 2. The van der Waals surface area contributed by atoms with Crippen LogP contribution in [0.15, 0.2) is 18.2 Å². The minimum Gasteiger partial charge on any atom is -0.393 e. The number of rotatable bonds is 5. The Bertz CT molecular complexity index is 405. The summed E-state index contributed by atoms with van der Waals surface area (Å²) in [5, 5.41) is 23.1. The molecular formula is C12H18N2O3. The van der Waals surface area contributed by atoms with Crippen molar-refractivity contribution in [3.8, 4) is 0 Å². The summed E-state index contributed by atoms with van der Waals surface area (Å²) in [6.45, 7) is 5.41. The molecule has 0 aliphatic rings. The van der Waals surface area contributed by atoms with Crippen LogP contribution in [0, 0.1) is 17.0 Å². The molecule has 0 saturated heterocycles. The monoisotopic (exact) mass is 238 g/mol. The summed E-state index contributed by atoms with van der Waals surface area (Å²) in [6, 6.07) is 5.04. The zero-order chi connectivity index (χ0) is 13.0. The lowest BCUT2D eigenvalue weighted by molar-refractivity contribution is -0.385. The smallest absolute Gasteiger partial charge is 0.272 e. The van der Waals surface area contributed by atoms with E-state index in [1.165, 1.54) is 6.07 Å². The van der Waals surface area contributed by atoms with Crippen LogP contribution in [0.3, 0.4) is 0 Å². The molecule has 2 N–H and O–H groups in total. The van der Waals surface area contributed by atoms with E-state index in [1.807, 2.05) is 6.92 Å². The lowest BCUT2D eigenvalue weighted by atomic mass is 10.1. The molecule has 0 saturated carbocycles. The predicted octanol–water partition coefficient (Wildman–Crippen LogP) is 2.47. The highest BCUT2D eigenvalue weighted by Crippen LogP contribution is 2.22. The Morgan fingerprint density at radius 1 is 1.47 bits per heavy atom. The summed E-state index contributed by atoms with van der Waals surface area (Å²) in [5.74, 6) is 0. The molecular weight excluding hydrogens is 220 g/mol. The van der Waals surface area contributed by atoms with Gasteiger partial charge in [0.1, 0.15) is 0 Å². The zero-order valence-corrected chi connectivity index (χ0v) is 10.3. The van der Waals surface area contributed by atoms with Gasteiger partial charge in [-0.1, -0.05) is 0 Å². The number of aryl methyl sites for hydroxylation is 1. The minimum absolute atomic E-state index is 0.121. The van der Waals surface area contributed by atoms with Crippen LogP contribution in [0.25, 0.3) is 0 Å². The molecule has 0 spiro atoms. The highest BCUT2D eigenvalue weighted by molar-refractivity contribution is 5.53. The first-order chi connectivity index (χ1) is 7.90. The van der Waals surface area contributed by atoms with E-state index in [2.05, 4.69) is 5.32 Å². The summed E-state index contributed by atoms with van der Waals surface area (Å²) >= 11 is 0. The van der Waals surface area contributed by atoms with E-state index in [9.17, 15) is 15.2 Å². The number of nitro benzene ring substituents is 1. The maximum absolute atomic E-state index is 10.7. The van der Waals surface area contributed by atoms with Gasteiger partial charge in [-0.3, -0.25) is 10.1 Å². The van der Waals surface area contributed by atoms with Gasteiger partial charge in [-0.25, -0.2) is 0 Å². The molecule has 5 heteroatoms. The van der Waals surface area contributed by atoms with Gasteiger partial charge in [0.25, 0.3) is 5.69 Å². The van der Waals surface area contributed by atoms with E-state index >= 15 is 0 Å². The standard InChI is InChI=1S/C12H18N2O3/c1-8-6-11(4-5-12(8)14(16)17)13-9(2)7-10(3)15/h4-6,9-10,13,15H,7H2,1-3H3. The molecule has 0 radical (unpaired) electrons. The predicted molar refractivity (Wildman–Crippen MR) is 67.2 cm³/mol. The van der Waals surface area contributed by atoms with E-state index in [1.54, 1.807) is 26.0 Å². The van der Waals surface area contributed by atoms with Gasteiger partial charge >= 0.3 is 0 Å². The summed E-state index contributed by atoms with van der Waals surface area (Å²) in [6.07, 6.45) is 0.271. The van der Waals surface area contributed by atoms with Crippen LogP contribution in [-0.2, 0) is 0 Å². The van der Waals surface area contributed by atoms with Crippen molar-refractivity contribution in [3.05, 3.63) is 33.9 Å². The molecule has 0 heterocycles. The van der Waals surface area contributed by atoms with Crippen LogP contribution in [-0.4, -0.2) is 22.2 Å². The number of nitrogens with one attached hydrogen (secondary N) is 1. The molecule has 1 aromatic rings. The molecule has 1 rings (SSSR count). The molecule has 0 amide bonds. The fourth-order valence-electron chi connectivity index (χ4n) is 1.81. The van der Waals surface area contributed by atoms with Gasteiger partial charge in [0, 0.05) is 23.4 Å². The summed E-state index contributed by atoms with van der Waals surface area (Å²) in [5.41, 5.74) is 1.59. The molecule has 2 unspecified atom stereocenters. The van der Waals surface area contributed by atoms with Crippen LogP contribution in [0.4, 0.5) is 11.4 Å². The maximum Gasteiger partial charge on any atom is 0.272 e. The Labute approximate surface area is 101 Å². The molecule has 0 bridgehead atoms. The number of nitrogens with zero attached hydrogens (tertiary/aromatic N) is 1. The number of aliphatic hydroxyl groups excluding tert-OH is 1. The fraction of sp³-hybridized carbons (Fsp3) is 0.500. The van der Waals surface area contributed by atoms with E-state index < -0.39 is 4.92 Å². The largest absolute Gasteiger partial charge is 0.393 e. The third-order valence-electron chi connectivity index (χ3n) is 2.50. The normalized spacial score (nSPS) is 14.1. The highest BCUT2D eigenvalue weighted by atomic mass is 16.6. The Morgan fingerprint density at radius 2 is 2.12 bits per heavy atom. The molecule has 94 valence electrons. The average molecular weight is 238 g/mol. The van der Waals surface area contributed by atoms with Gasteiger partial charge in [0.05, 0.1) is 11.0 Å². The van der Waals surface area contributed by atoms with Crippen LogP contribution in [0.5, 0.6) is 0 Å². The molecule has 0 aliphatic carbocycles. The number of nitro groups is 1. The fourth-order valence-corrected chi connectivity index (χ4v) is 1.81. The average Bonchev–Trinajstić information content (AvgIpc) is 2.15. The van der Waals surface area contributed by atoms with E-state index in [0.717, 1.165) is 5.69 Å². The molecule has 0 fully saturated rings. The second-order valence-corrected chi connectivity index (χ2v) is 4.39. The van der Waals surface area contributed by atoms with Crippen LogP contribution in [0.1, 0.15) is 25.8 Å². The minimum atomic E-state index is -0.391. The maximum atomic E-state index is 10.7. The number of anilines is 1. The van der Waals surface area contributed by atoms with Crippen molar-refractivity contribution in [2.75, 3.05) is 5.32 Å². The summed E-state index contributed by atoms with van der Waals surface area (Å²) in [4.78, 5) is 10.3. The van der Waals surface area contributed by atoms with Crippen molar-refractivity contribution in [2.24, 2.45) is 0 Å². The number of benzene rings is 1. The Hall–Kier alpha value is -1.62. The van der Waals surface area contributed by atoms with Gasteiger partial charge in [0.15, 0.2) is 0 Å². The first-order valence-corrected chi connectivity index (χ1v) is 5.59. The van der Waals surface area contributed by atoms with Gasteiger partial charge in [-0.05, 0) is 39.3 Å². The molecule has 2 atom stereocenters. The van der Waals surface area contributed by atoms with Crippen molar-refractivity contribution < 1.29 is 10.0 Å². The van der Waals surface area contributed by atoms with Crippen molar-refractivity contribution >= 4 is 11.4 Å². The van der Waals surface area contributed by atoms with Gasteiger partial charge in [0.2, 0.25) is 0 Å². The van der Waals surface area contributed by atoms with Gasteiger partial charge in [-0.15, -0.1) is 0 Å². The summed E-state index contributed by atoms with van der Waals surface area (Å²) < 4.78 is 0. The SMILES string of the molecule is Cc1cc(NC(C)CC(C)O)ccc1[N+](=O)[O-]. The number of hydrogen-bond acceptors (Lipinski definition) is 4. The van der Waals surface area contributed by atoms with E-state index in [4.69, 9.17) is 0 Å². The molecule has 17 heavy (non-hydrogen) atoms. The van der Waals surface area contributed by atoms with Crippen molar-refractivity contribution in [1.29, 1.82) is 0 Å². The quantitative estimate of drug-likeness (QED) is 0.610. The summed E-state index contributed by atoms with van der Waals surface area (Å²) in [7, 11) is 0. The Balaban J connectivity index is 2.74. The van der Waals surface area contributed by atoms with Crippen molar-refractivity contribution in [3.63, 3.8) is 0 Å². The topological polar surface area (TPSA) is 75.4 Å². The third kappa shape index (κ3) is 4.03. The second kappa shape index (κ2) is 5.63. The first-order valence-electron chi connectivity index (χ1n) is 5.59. The lowest BCUT2D eigenvalue weighted by Gasteiger charge is -2.16. The highest BCUT2D eigenvalue weighted by Gasteiger charge is 2.11. The lowest BCUT2D eigenvalue weighted by Crippen LogP contribution is -2.20. The van der Waals surface area contributed by atoms with Crippen molar-refractivity contribution in [2.45, 2.75) is 39.3 Å². The zero-order valence-electron chi connectivity index (χ0n) is 10.3. The van der Waals surface area contributed by atoms with Crippen molar-refractivity contribution in [1.82, 2.24) is 0 Å². The van der Waals surface area contributed by atoms with Crippen LogP contribution >= 0.6 is 0 Å². The Morgan fingerprint density at radius 3 is 2.59 bits per heavy atom. The molecule has 1 aromatic carbocycles. The molecule has 0 aromatic heterocycles. The molecule has 0 aliphatic heterocycles. The van der Waals surface area contributed by atoms with Gasteiger partial charge < -0.3 is 10.4 Å². The van der Waals surface area contributed by atoms with E-state index in [-0.39, 0.29) is 17.8 Å². The van der Waals surface area contributed by atoms with Crippen LogP contribution < -0.4 is 5.32 Å². The first kappa shape index (κ1) is 13.4. The second-order valence-electron chi connectivity index (χ2n) is 4.39.